The van der Waals surface area contributed by atoms with E-state index < -0.39 is 14.6 Å². The molecular formula is C21H26N4O3S. The highest BCUT2D eigenvalue weighted by molar-refractivity contribution is 7.92. The van der Waals surface area contributed by atoms with Crippen molar-refractivity contribution in [2.45, 2.75) is 37.5 Å². The van der Waals surface area contributed by atoms with Gasteiger partial charge < -0.3 is 14.2 Å². The van der Waals surface area contributed by atoms with Crippen LogP contribution < -0.4 is 9.80 Å². The molecule has 3 aromatic rings. The van der Waals surface area contributed by atoms with Crippen molar-refractivity contribution >= 4 is 32.6 Å². The molecule has 0 saturated carbocycles. The first-order chi connectivity index (χ1) is 13.6. The lowest BCUT2D eigenvalue weighted by Gasteiger charge is -2.35. The number of rotatable bonds is 3. The summed E-state index contributed by atoms with van der Waals surface area (Å²) in [6.45, 7) is 10.2. The van der Waals surface area contributed by atoms with Gasteiger partial charge in [-0.2, -0.15) is 4.98 Å². The molecular weight excluding hydrogens is 388 g/mol. The second kappa shape index (κ2) is 7.02. The van der Waals surface area contributed by atoms with Crippen LogP contribution in [-0.2, 0) is 9.84 Å². The van der Waals surface area contributed by atoms with Gasteiger partial charge in [0.2, 0.25) is 0 Å². The van der Waals surface area contributed by atoms with Crippen molar-refractivity contribution in [1.82, 2.24) is 9.97 Å². The number of sulfone groups is 1. The van der Waals surface area contributed by atoms with Crippen molar-refractivity contribution in [2.24, 2.45) is 0 Å². The zero-order chi connectivity index (χ0) is 20.8. The Bertz CT molecular complexity index is 1120. The molecule has 0 radical (unpaired) electrons. The smallest absolute Gasteiger partial charge is 0.298 e. The number of aryl methyl sites for hydroxylation is 1. The molecule has 29 heavy (non-hydrogen) atoms. The molecule has 0 N–H and O–H groups in total. The van der Waals surface area contributed by atoms with Gasteiger partial charge in [0.15, 0.2) is 20.4 Å². The molecule has 0 aliphatic carbocycles. The quantitative estimate of drug-likeness (QED) is 0.649. The lowest BCUT2D eigenvalue weighted by atomic mass is 10.2. The number of fused-ring (bicyclic) bond motifs is 1. The van der Waals surface area contributed by atoms with Crippen LogP contribution in [0.5, 0.6) is 0 Å². The van der Waals surface area contributed by atoms with Gasteiger partial charge in [0.1, 0.15) is 5.52 Å². The van der Waals surface area contributed by atoms with Crippen molar-refractivity contribution in [3.8, 4) is 0 Å². The highest BCUT2D eigenvalue weighted by atomic mass is 32.2. The van der Waals surface area contributed by atoms with E-state index in [0.717, 1.165) is 48.5 Å². The van der Waals surface area contributed by atoms with E-state index in [1.165, 1.54) is 0 Å². The summed E-state index contributed by atoms with van der Waals surface area (Å²) in [6, 6.07) is 10.1. The van der Waals surface area contributed by atoms with E-state index in [2.05, 4.69) is 19.8 Å². The van der Waals surface area contributed by atoms with Gasteiger partial charge in [0, 0.05) is 26.2 Å². The Morgan fingerprint density at radius 3 is 2.31 bits per heavy atom. The van der Waals surface area contributed by atoms with Crippen molar-refractivity contribution in [3.05, 3.63) is 42.1 Å². The molecule has 7 nitrogen and oxygen atoms in total. The molecule has 0 bridgehead atoms. The Morgan fingerprint density at radius 2 is 1.69 bits per heavy atom. The molecule has 4 rings (SSSR count). The van der Waals surface area contributed by atoms with E-state index in [0.29, 0.717) is 6.01 Å². The van der Waals surface area contributed by atoms with Gasteiger partial charge in [-0.3, -0.25) is 0 Å². The first-order valence-corrected chi connectivity index (χ1v) is 11.2. The number of oxazole rings is 1. The van der Waals surface area contributed by atoms with Crippen LogP contribution in [0.4, 0.5) is 11.7 Å². The normalized spacial score (nSPS) is 15.9. The largest absolute Gasteiger partial charge is 0.423 e. The SMILES string of the molecule is Cc1ccc2oc(N3CCN(c4ccc(S(=O)(=O)C(C)(C)C)nc4)CC3)nc2c1. The van der Waals surface area contributed by atoms with Crippen LogP contribution in [0.25, 0.3) is 11.1 Å². The van der Waals surface area contributed by atoms with Gasteiger partial charge in [-0.05, 0) is 57.5 Å². The molecule has 1 saturated heterocycles. The maximum absolute atomic E-state index is 12.5. The molecule has 0 amide bonds. The second-order valence-electron chi connectivity index (χ2n) is 8.41. The predicted molar refractivity (Wildman–Crippen MR) is 114 cm³/mol. The molecule has 1 fully saturated rings. The van der Waals surface area contributed by atoms with Crippen LogP contribution in [0.3, 0.4) is 0 Å². The maximum atomic E-state index is 12.5. The Balaban J connectivity index is 1.45. The molecule has 0 unspecified atom stereocenters. The molecule has 3 heterocycles. The third-order valence-corrected chi connectivity index (χ3v) is 7.65. The lowest BCUT2D eigenvalue weighted by Crippen LogP contribution is -2.46. The average molecular weight is 415 g/mol. The van der Waals surface area contributed by atoms with Crippen LogP contribution in [0, 0.1) is 6.92 Å². The van der Waals surface area contributed by atoms with Crippen molar-refractivity contribution in [2.75, 3.05) is 36.0 Å². The monoisotopic (exact) mass is 414 g/mol. The molecule has 2 aromatic heterocycles. The Labute approximate surface area is 171 Å². The molecule has 0 spiro atoms. The van der Waals surface area contributed by atoms with E-state index >= 15 is 0 Å². The Morgan fingerprint density at radius 1 is 1.00 bits per heavy atom. The van der Waals surface area contributed by atoms with Gasteiger partial charge in [-0.15, -0.1) is 0 Å². The zero-order valence-electron chi connectivity index (χ0n) is 17.2. The highest BCUT2D eigenvalue weighted by Gasteiger charge is 2.32. The fourth-order valence-electron chi connectivity index (χ4n) is 3.35. The fraction of sp³-hybridized carbons (Fsp3) is 0.429. The number of piperazine rings is 1. The number of hydrogen-bond acceptors (Lipinski definition) is 7. The summed E-state index contributed by atoms with van der Waals surface area (Å²) in [7, 11) is -3.44. The summed E-state index contributed by atoms with van der Waals surface area (Å²) < 4.78 is 30.1. The minimum absolute atomic E-state index is 0.120. The van der Waals surface area contributed by atoms with E-state index in [1.54, 1.807) is 33.0 Å². The lowest BCUT2D eigenvalue weighted by molar-refractivity contribution is 0.541. The van der Waals surface area contributed by atoms with Gasteiger partial charge in [0.05, 0.1) is 16.6 Å². The van der Waals surface area contributed by atoms with Crippen molar-refractivity contribution in [1.29, 1.82) is 0 Å². The summed E-state index contributed by atoms with van der Waals surface area (Å²) in [5.41, 5.74) is 3.76. The van der Waals surface area contributed by atoms with Gasteiger partial charge >= 0.3 is 0 Å². The first kappa shape index (κ1) is 19.7. The van der Waals surface area contributed by atoms with E-state index in [1.807, 2.05) is 31.2 Å². The predicted octanol–water partition coefficient (Wildman–Crippen LogP) is 3.43. The number of nitrogens with zero attached hydrogens (tertiary/aromatic N) is 4. The summed E-state index contributed by atoms with van der Waals surface area (Å²) in [5, 5.41) is 0.120. The van der Waals surface area contributed by atoms with Crippen molar-refractivity contribution in [3.63, 3.8) is 0 Å². The van der Waals surface area contributed by atoms with E-state index in [4.69, 9.17) is 4.42 Å². The molecule has 1 aliphatic rings. The van der Waals surface area contributed by atoms with E-state index in [-0.39, 0.29) is 5.03 Å². The Kier molecular flexibility index (Phi) is 4.77. The average Bonchev–Trinajstić information content (AvgIpc) is 3.10. The standard InChI is InChI=1S/C21H26N4O3S/c1-15-5-7-18-17(13-15)23-20(28-18)25-11-9-24(10-12-25)16-6-8-19(22-14-16)29(26,27)21(2,3)4/h5-8,13-14H,9-12H2,1-4H3. The van der Waals surface area contributed by atoms with Crippen molar-refractivity contribution < 1.29 is 12.8 Å². The second-order valence-corrected chi connectivity index (χ2v) is 11.1. The van der Waals surface area contributed by atoms with E-state index in [9.17, 15) is 8.42 Å². The highest BCUT2D eigenvalue weighted by Crippen LogP contribution is 2.27. The maximum Gasteiger partial charge on any atom is 0.298 e. The molecule has 0 atom stereocenters. The summed E-state index contributed by atoms with van der Waals surface area (Å²) in [5.74, 6) is 0. The zero-order valence-corrected chi connectivity index (χ0v) is 18.0. The molecule has 1 aliphatic heterocycles. The van der Waals surface area contributed by atoms with Gasteiger partial charge in [-0.25, -0.2) is 13.4 Å². The number of aromatic nitrogens is 2. The number of hydrogen-bond donors (Lipinski definition) is 0. The minimum Gasteiger partial charge on any atom is -0.423 e. The van der Waals surface area contributed by atoms with Gasteiger partial charge in [-0.1, -0.05) is 6.07 Å². The number of pyridine rings is 1. The van der Waals surface area contributed by atoms with Crippen LogP contribution in [0.2, 0.25) is 0 Å². The fourth-order valence-corrected chi connectivity index (χ4v) is 4.41. The van der Waals surface area contributed by atoms with Crippen LogP contribution >= 0.6 is 0 Å². The third-order valence-electron chi connectivity index (χ3n) is 5.25. The summed E-state index contributed by atoms with van der Waals surface area (Å²) in [4.78, 5) is 13.2. The van der Waals surface area contributed by atoms with Gasteiger partial charge in [0.25, 0.3) is 6.01 Å². The number of anilines is 2. The minimum atomic E-state index is -3.44. The number of benzene rings is 1. The van der Waals surface area contributed by atoms with Crippen LogP contribution in [0.15, 0.2) is 46.0 Å². The first-order valence-electron chi connectivity index (χ1n) is 9.73. The molecule has 1 aromatic carbocycles. The summed E-state index contributed by atoms with van der Waals surface area (Å²) >= 11 is 0. The Hall–Kier alpha value is -2.61. The van der Waals surface area contributed by atoms with Crippen LogP contribution in [-0.4, -0.2) is 49.3 Å². The topological polar surface area (TPSA) is 79.5 Å². The molecule has 154 valence electrons. The van der Waals surface area contributed by atoms with Crippen LogP contribution in [0.1, 0.15) is 26.3 Å². The summed E-state index contributed by atoms with van der Waals surface area (Å²) in [6.07, 6.45) is 1.65. The third kappa shape index (κ3) is 3.69. The molecule has 8 heteroatoms.